The second-order valence-electron chi connectivity index (χ2n) is 4.94. The molecule has 0 atom stereocenters. The number of nitrogens with zero attached hydrogens (tertiary/aromatic N) is 2. The molecule has 2 amide bonds. The van der Waals surface area contributed by atoms with Crippen LogP contribution in [0.1, 0.15) is 17.9 Å². The van der Waals surface area contributed by atoms with E-state index in [1.54, 1.807) is 18.2 Å². The fraction of sp³-hybridized carbons (Fsp3) is 0.200. The second-order valence-corrected chi connectivity index (χ2v) is 7.47. The number of thiocarbonyl (C=S) groups is 1. The molecule has 0 radical (unpaired) electrons. The molecule has 9 heteroatoms. The van der Waals surface area contributed by atoms with Gasteiger partial charge in [-0.15, -0.1) is 11.3 Å². The summed E-state index contributed by atoms with van der Waals surface area (Å²) in [5.41, 5.74) is 0.857. The highest BCUT2D eigenvalue weighted by atomic mass is 32.2. The molecule has 3 rings (SSSR count). The Hall–Kier alpha value is -1.97. The van der Waals surface area contributed by atoms with Gasteiger partial charge in [0.25, 0.3) is 5.91 Å². The maximum atomic E-state index is 12.4. The lowest BCUT2D eigenvalue weighted by Gasteiger charge is -2.13. The summed E-state index contributed by atoms with van der Waals surface area (Å²) in [6, 6.07) is 3.51. The zero-order valence-electron chi connectivity index (χ0n) is 12.6. The number of carbonyl (C=O) groups excluding carboxylic acids is 2. The molecule has 6 nitrogen and oxygen atoms in total. The van der Waals surface area contributed by atoms with Crippen molar-refractivity contribution in [3.63, 3.8) is 0 Å². The molecule has 124 valence electrons. The van der Waals surface area contributed by atoms with Crippen LogP contribution in [0.2, 0.25) is 0 Å². The number of aromatic nitrogens is 1. The Balaban J connectivity index is 1.58. The van der Waals surface area contributed by atoms with Crippen LogP contribution in [0.15, 0.2) is 33.1 Å². The average Bonchev–Trinajstić information content (AvgIpc) is 3.23. The van der Waals surface area contributed by atoms with Crippen LogP contribution >= 0.6 is 35.3 Å². The standard InChI is InChI=1S/C15H13N3O3S3/c1-9-8-23-14(16-9)17-12(19)4-5-18-13(20)11(24-15(18)22)7-10-3-2-6-21-10/h2-3,6-8H,4-5H2,1H3,(H,16,17,19). The van der Waals surface area contributed by atoms with Crippen molar-refractivity contribution in [2.45, 2.75) is 13.3 Å². The molecule has 1 saturated heterocycles. The molecule has 2 aromatic heterocycles. The van der Waals surface area contributed by atoms with Crippen LogP contribution in [0.4, 0.5) is 5.13 Å². The summed E-state index contributed by atoms with van der Waals surface area (Å²) >= 11 is 7.80. The fourth-order valence-electron chi connectivity index (χ4n) is 2.00. The van der Waals surface area contributed by atoms with Gasteiger partial charge in [0.05, 0.1) is 16.9 Å². The molecule has 0 spiro atoms. The second kappa shape index (κ2) is 7.29. The first-order valence-corrected chi connectivity index (χ1v) is 9.14. The number of anilines is 1. The quantitative estimate of drug-likeness (QED) is 0.635. The van der Waals surface area contributed by atoms with Gasteiger partial charge in [-0.05, 0) is 19.1 Å². The highest BCUT2D eigenvalue weighted by Crippen LogP contribution is 2.32. The third kappa shape index (κ3) is 3.92. The molecule has 1 aliphatic heterocycles. The van der Waals surface area contributed by atoms with E-state index >= 15 is 0 Å². The van der Waals surface area contributed by atoms with E-state index in [-0.39, 0.29) is 24.8 Å². The summed E-state index contributed by atoms with van der Waals surface area (Å²) in [6.07, 6.45) is 3.34. The van der Waals surface area contributed by atoms with Crippen molar-refractivity contribution in [3.05, 3.63) is 40.1 Å². The van der Waals surface area contributed by atoms with Crippen molar-refractivity contribution in [3.8, 4) is 0 Å². The zero-order chi connectivity index (χ0) is 17.1. The highest BCUT2D eigenvalue weighted by molar-refractivity contribution is 8.26. The zero-order valence-corrected chi connectivity index (χ0v) is 15.1. The fourth-order valence-corrected chi connectivity index (χ4v) is 3.99. The number of hydrogen-bond acceptors (Lipinski definition) is 7. The van der Waals surface area contributed by atoms with Crippen molar-refractivity contribution in [2.24, 2.45) is 0 Å². The van der Waals surface area contributed by atoms with Gasteiger partial charge < -0.3 is 9.73 Å². The van der Waals surface area contributed by atoms with Crippen molar-refractivity contribution < 1.29 is 14.0 Å². The van der Waals surface area contributed by atoms with Crippen molar-refractivity contribution in [1.82, 2.24) is 9.88 Å². The SMILES string of the molecule is Cc1csc(NC(=O)CCN2C(=O)C(=Cc3ccco3)SC2=S)n1. The first kappa shape index (κ1) is 16.9. The van der Waals surface area contributed by atoms with Gasteiger partial charge in [-0.3, -0.25) is 14.5 Å². The van der Waals surface area contributed by atoms with Crippen molar-refractivity contribution in [2.75, 3.05) is 11.9 Å². The van der Waals surface area contributed by atoms with Crippen LogP contribution < -0.4 is 5.32 Å². The van der Waals surface area contributed by atoms with Crippen LogP contribution in [0, 0.1) is 6.92 Å². The third-order valence-corrected chi connectivity index (χ3v) is 5.37. The molecule has 2 aromatic rings. The summed E-state index contributed by atoms with van der Waals surface area (Å²) in [5.74, 6) is 0.181. The minimum Gasteiger partial charge on any atom is -0.465 e. The van der Waals surface area contributed by atoms with E-state index in [1.165, 1.54) is 34.3 Å². The van der Waals surface area contributed by atoms with Crippen LogP contribution in [-0.2, 0) is 9.59 Å². The Bertz CT molecular complexity index is 811. The predicted molar refractivity (Wildman–Crippen MR) is 98.7 cm³/mol. The Labute approximate surface area is 151 Å². The molecule has 3 heterocycles. The summed E-state index contributed by atoms with van der Waals surface area (Å²) < 4.78 is 5.65. The van der Waals surface area contributed by atoms with Gasteiger partial charge in [-0.25, -0.2) is 4.98 Å². The Morgan fingerprint density at radius 3 is 3.04 bits per heavy atom. The van der Waals surface area contributed by atoms with Gasteiger partial charge in [0.15, 0.2) is 5.13 Å². The molecule has 0 aliphatic carbocycles. The van der Waals surface area contributed by atoms with Crippen LogP contribution in [0.3, 0.4) is 0 Å². The summed E-state index contributed by atoms with van der Waals surface area (Å²) in [5, 5.41) is 5.13. The third-order valence-electron chi connectivity index (χ3n) is 3.12. The summed E-state index contributed by atoms with van der Waals surface area (Å²) in [4.78, 5) is 30.4. The number of furan rings is 1. The molecule has 0 aromatic carbocycles. The van der Waals surface area contributed by atoms with Gasteiger partial charge in [0.2, 0.25) is 5.91 Å². The van der Waals surface area contributed by atoms with E-state index < -0.39 is 0 Å². The molecular weight excluding hydrogens is 366 g/mol. The lowest BCUT2D eigenvalue weighted by Crippen LogP contribution is -2.31. The number of thiazole rings is 1. The highest BCUT2D eigenvalue weighted by Gasteiger charge is 2.32. The number of nitrogens with one attached hydrogen (secondary N) is 1. The molecule has 0 bridgehead atoms. The van der Waals surface area contributed by atoms with E-state index in [0.717, 1.165) is 5.69 Å². The van der Waals surface area contributed by atoms with Crippen LogP contribution in [-0.4, -0.2) is 32.6 Å². The maximum absolute atomic E-state index is 12.4. The van der Waals surface area contributed by atoms with Gasteiger partial charge in [0, 0.05) is 24.4 Å². The summed E-state index contributed by atoms with van der Waals surface area (Å²) in [7, 11) is 0. The molecular formula is C15H13N3O3S3. The lowest BCUT2D eigenvalue weighted by atomic mass is 10.3. The average molecular weight is 379 g/mol. The molecule has 1 fully saturated rings. The molecule has 1 N–H and O–H groups in total. The van der Waals surface area contributed by atoms with Gasteiger partial charge in [-0.2, -0.15) is 0 Å². The minimum absolute atomic E-state index is 0.152. The lowest BCUT2D eigenvalue weighted by molar-refractivity contribution is -0.122. The Morgan fingerprint density at radius 2 is 2.38 bits per heavy atom. The number of thioether (sulfide) groups is 1. The first-order valence-electron chi connectivity index (χ1n) is 7.04. The van der Waals surface area contributed by atoms with Crippen molar-refractivity contribution >= 4 is 62.7 Å². The molecule has 0 saturated carbocycles. The van der Waals surface area contributed by atoms with Crippen molar-refractivity contribution in [1.29, 1.82) is 0 Å². The number of carbonyl (C=O) groups is 2. The van der Waals surface area contributed by atoms with E-state index in [4.69, 9.17) is 16.6 Å². The predicted octanol–water partition coefficient (Wildman–Crippen LogP) is 3.27. The van der Waals surface area contributed by atoms with Crippen LogP contribution in [0.5, 0.6) is 0 Å². The monoisotopic (exact) mass is 379 g/mol. The van der Waals surface area contributed by atoms with E-state index in [0.29, 0.717) is 20.1 Å². The number of rotatable bonds is 5. The maximum Gasteiger partial charge on any atom is 0.266 e. The molecule has 24 heavy (non-hydrogen) atoms. The van der Waals surface area contributed by atoms with E-state index in [2.05, 4.69) is 10.3 Å². The minimum atomic E-state index is -0.209. The number of amides is 2. The summed E-state index contributed by atoms with van der Waals surface area (Å²) in [6.45, 7) is 2.09. The Morgan fingerprint density at radius 1 is 1.54 bits per heavy atom. The number of hydrogen-bond donors (Lipinski definition) is 1. The van der Waals surface area contributed by atoms with E-state index in [9.17, 15) is 9.59 Å². The number of aryl methyl sites for hydroxylation is 1. The van der Waals surface area contributed by atoms with Crippen LogP contribution in [0.25, 0.3) is 6.08 Å². The largest absolute Gasteiger partial charge is 0.465 e. The first-order chi connectivity index (χ1) is 11.5. The molecule has 0 unspecified atom stereocenters. The van der Waals surface area contributed by atoms with E-state index in [1.807, 2.05) is 12.3 Å². The topological polar surface area (TPSA) is 75.4 Å². The van der Waals surface area contributed by atoms with Gasteiger partial charge in [-0.1, -0.05) is 24.0 Å². The van der Waals surface area contributed by atoms with Gasteiger partial charge in [0.1, 0.15) is 10.1 Å². The van der Waals surface area contributed by atoms with Gasteiger partial charge >= 0.3 is 0 Å². The smallest absolute Gasteiger partial charge is 0.266 e. The normalized spacial score (nSPS) is 16.2. The Kier molecular flexibility index (Phi) is 5.12. The molecule has 1 aliphatic rings.